The van der Waals surface area contributed by atoms with Gasteiger partial charge in [-0.25, -0.2) is 9.97 Å². The Morgan fingerprint density at radius 1 is 1.15 bits per heavy atom. The molecule has 3 aromatic heterocycles. The fourth-order valence-corrected chi connectivity index (χ4v) is 6.14. The van der Waals surface area contributed by atoms with Crippen molar-refractivity contribution in [2.45, 2.75) is 37.8 Å². The molecule has 0 radical (unpaired) electrons. The fraction of sp³-hybridized carbons (Fsp3) is 0.429. The van der Waals surface area contributed by atoms with Gasteiger partial charge in [-0.05, 0) is 58.4 Å². The van der Waals surface area contributed by atoms with Crippen LogP contribution in [0, 0.1) is 0 Å². The maximum atomic E-state index is 13.5. The van der Waals surface area contributed by atoms with Gasteiger partial charge in [0.2, 0.25) is 11.9 Å². The summed E-state index contributed by atoms with van der Waals surface area (Å²) in [5.41, 5.74) is 3.60. The van der Waals surface area contributed by atoms with Gasteiger partial charge in [0.1, 0.15) is 5.69 Å². The summed E-state index contributed by atoms with van der Waals surface area (Å²) in [6, 6.07) is 6.23. The summed E-state index contributed by atoms with van der Waals surface area (Å²) in [6.45, 7) is 3.15. The number of rotatable bonds is 7. The summed E-state index contributed by atoms with van der Waals surface area (Å²) in [6.07, 6.45) is 9.38. The van der Waals surface area contributed by atoms with Crippen LogP contribution in [-0.4, -0.2) is 86.3 Å². The molecule has 0 bridgehead atoms. The maximum Gasteiger partial charge on any atom is 0.256 e. The lowest BCUT2D eigenvalue weighted by Crippen LogP contribution is -2.49. The predicted octanol–water partition coefficient (Wildman–Crippen LogP) is 4.26. The summed E-state index contributed by atoms with van der Waals surface area (Å²) in [5.74, 6) is 0.850. The standard InChI is InChI=1S/C28H34ClN9O2/c1-36-12-9-17(10-13-36)38-11-5-8-23(38)26(39)32-21-7-4-6-18-19(14-30-25(18)21)24-20(29)15-31-28(34-24)33-22-16-37(2)35-27(22)40-3/h4,6-7,14-17,23,30H,5,8-13H2,1-3H3,(H,32,39)(H,31,33,34). The highest BCUT2D eigenvalue weighted by Crippen LogP contribution is 2.36. The Morgan fingerprint density at radius 2 is 1.98 bits per heavy atom. The molecule has 6 rings (SSSR count). The van der Waals surface area contributed by atoms with Gasteiger partial charge in [-0.15, -0.1) is 5.10 Å². The number of ether oxygens (including phenoxy) is 1. The van der Waals surface area contributed by atoms with E-state index in [4.69, 9.17) is 21.3 Å². The first-order valence-corrected chi connectivity index (χ1v) is 14.0. The molecule has 1 unspecified atom stereocenters. The Balaban J connectivity index is 1.24. The second-order valence-electron chi connectivity index (χ2n) is 10.6. The topological polar surface area (TPSA) is 116 Å². The summed E-state index contributed by atoms with van der Waals surface area (Å²) in [7, 11) is 5.53. The Hall–Kier alpha value is -3.67. The number of nitrogens with one attached hydrogen (secondary N) is 3. The molecular formula is C28H34ClN9O2. The van der Waals surface area contributed by atoms with Crippen LogP contribution in [0.3, 0.4) is 0 Å². The maximum absolute atomic E-state index is 13.5. The van der Waals surface area contributed by atoms with Crippen molar-refractivity contribution < 1.29 is 9.53 Å². The van der Waals surface area contributed by atoms with Crippen molar-refractivity contribution >= 4 is 45.7 Å². The minimum absolute atomic E-state index is 0.0528. The Morgan fingerprint density at radius 3 is 2.77 bits per heavy atom. The molecule has 1 atom stereocenters. The van der Waals surface area contributed by atoms with E-state index in [0.29, 0.717) is 34.3 Å². The van der Waals surface area contributed by atoms with E-state index in [2.05, 4.69) is 42.5 Å². The molecule has 2 saturated heterocycles. The number of anilines is 3. The number of methoxy groups -OCH3 is 1. The number of hydrogen-bond donors (Lipinski definition) is 3. The minimum atomic E-state index is -0.104. The number of aromatic nitrogens is 5. The Kier molecular flexibility index (Phi) is 7.35. The number of para-hydroxylation sites is 1. The monoisotopic (exact) mass is 563 g/mol. The Bertz CT molecular complexity index is 1530. The van der Waals surface area contributed by atoms with Gasteiger partial charge in [0.25, 0.3) is 5.88 Å². The number of aryl methyl sites for hydroxylation is 1. The average molecular weight is 564 g/mol. The minimum Gasteiger partial charge on any atom is -0.478 e. The quantitative estimate of drug-likeness (QED) is 0.305. The molecule has 2 fully saturated rings. The van der Waals surface area contributed by atoms with E-state index < -0.39 is 0 Å². The van der Waals surface area contributed by atoms with Crippen LogP contribution in [0.5, 0.6) is 5.88 Å². The molecule has 1 amide bonds. The Labute approximate surface area is 237 Å². The number of nitrogens with zero attached hydrogens (tertiary/aromatic N) is 6. The molecule has 0 aliphatic carbocycles. The zero-order valence-electron chi connectivity index (χ0n) is 22.9. The number of fused-ring (bicyclic) bond motifs is 1. The van der Waals surface area contributed by atoms with Crippen LogP contribution in [0.15, 0.2) is 36.8 Å². The molecule has 11 nitrogen and oxygen atoms in total. The van der Waals surface area contributed by atoms with Gasteiger partial charge in [-0.3, -0.25) is 14.4 Å². The van der Waals surface area contributed by atoms with Crippen LogP contribution in [0.1, 0.15) is 25.7 Å². The second kappa shape index (κ2) is 11.1. The van der Waals surface area contributed by atoms with Gasteiger partial charge in [0, 0.05) is 30.2 Å². The number of hydrogen-bond acceptors (Lipinski definition) is 8. The highest BCUT2D eigenvalue weighted by Gasteiger charge is 2.36. The predicted molar refractivity (Wildman–Crippen MR) is 156 cm³/mol. The van der Waals surface area contributed by atoms with Gasteiger partial charge < -0.3 is 25.3 Å². The number of aromatic amines is 1. The van der Waals surface area contributed by atoms with Gasteiger partial charge >= 0.3 is 0 Å². The summed E-state index contributed by atoms with van der Waals surface area (Å²) in [5, 5.41) is 12.0. The van der Waals surface area contributed by atoms with E-state index in [1.807, 2.05) is 31.4 Å². The molecule has 0 spiro atoms. The third kappa shape index (κ3) is 5.12. The number of piperidine rings is 1. The van der Waals surface area contributed by atoms with Crippen molar-refractivity contribution in [3.63, 3.8) is 0 Å². The molecule has 2 aliphatic heterocycles. The third-order valence-electron chi connectivity index (χ3n) is 7.96. The lowest BCUT2D eigenvalue weighted by Gasteiger charge is -2.37. The second-order valence-corrected chi connectivity index (χ2v) is 11.0. The largest absolute Gasteiger partial charge is 0.478 e. The lowest BCUT2D eigenvalue weighted by atomic mass is 10.0. The van der Waals surface area contributed by atoms with E-state index in [0.717, 1.165) is 67.5 Å². The third-order valence-corrected chi connectivity index (χ3v) is 8.24. The number of H-pyrrole nitrogens is 1. The van der Waals surface area contributed by atoms with E-state index in [1.165, 1.54) is 0 Å². The van der Waals surface area contributed by atoms with Gasteiger partial charge in [-0.2, -0.15) is 0 Å². The molecule has 5 heterocycles. The van der Waals surface area contributed by atoms with E-state index >= 15 is 0 Å². The van der Waals surface area contributed by atoms with Gasteiger partial charge in [0.15, 0.2) is 0 Å². The lowest BCUT2D eigenvalue weighted by molar-refractivity contribution is -0.121. The van der Waals surface area contributed by atoms with Crippen molar-refractivity contribution in [2.75, 3.05) is 44.4 Å². The molecule has 3 N–H and O–H groups in total. The number of carbonyl (C=O) groups is 1. The zero-order chi connectivity index (χ0) is 27.8. The number of likely N-dealkylation sites (tertiary alicyclic amines) is 2. The molecular weight excluding hydrogens is 530 g/mol. The summed E-state index contributed by atoms with van der Waals surface area (Å²) < 4.78 is 6.97. The van der Waals surface area contributed by atoms with E-state index in [1.54, 1.807) is 24.2 Å². The van der Waals surface area contributed by atoms with Crippen molar-refractivity contribution in [3.8, 4) is 17.1 Å². The molecule has 0 saturated carbocycles. The van der Waals surface area contributed by atoms with Gasteiger partial charge in [-0.1, -0.05) is 23.7 Å². The van der Waals surface area contributed by atoms with Gasteiger partial charge in [0.05, 0.1) is 47.5 Å². The number of benzene rings is 1. The first kappa shape index (κ1) is 26.5. The van der Waals surface area contributed by atoms with Crippen molar-refractivity contribution in [2.24, 2.45) is 7.05 Å². The normalized spacial score (nSPS) is 18.9. The first-order chi connectivity index (χ1) is 19.4. The number of amides is 1. The average Bonchev–Trinajstić information content (AvgIpc) is 3.69. The highest BCUT2D eigenvalue weighted by atomic mass is 35.5. The molecule has 40 heavy (non-hydrogen) atoms. The summed E-state index contributed by atoms with van der Waals surface area (Å²) in [4.78, 5) is 30.7. The van der Waals surface area contributed by atoms with E-state index in [-0.39, 0.29) is 11.9 Å². The molecule has 1 aromatic carbocycles. The van der Waals surface area contributed by atoms with E-state index in [9.17, 15) is 4.79 Å². The SMILES string of the molecule is COc1nn(C)cc1Nc1ncc(Cl)c(-c2c[nH]c3c(NC(=O)C4CCCN4C4CCN(C)CC4)cccc23)n1. The number of halogens is 1. The highest BCUT2D eigenvalue weighted by molar-refractivity contribution is 6.33. The van der Waals surface area contributed by atoms with Crippen LogP contribution in [0.4, 0.5) is 17.3 Å². The smallest absolute Gasteiger partial charge is 0.256 e. The van der Waals surface area contributed by atoms with Crippen LogP contribution >= 0.6 is 11.6 Å². The fourth-order valence-electron chi connectivity index (χ4n) is 5.95. The van der Waals surface area contributed by atoms with Crippen LogP contribution in [0.25, 0.3) is 22.2 Å². The van der Waals surface area contributed by atoms with Crippen molar-refractivity contribution in [1.82, 2.24) is 34.5 Å². The van der Waals surface area contributed by atoms with Crippen molar-refractivity contribution in [3.05, 3.63) is 41.8 Å². The van der Waals surface area contributed by atoms with Crippen LogP contribution < -0.4 is 15.4 Å². The van der Waals surface area contributed by atoms with Crippen LogP contribution in [-0.2, 0) is 11.8 Å². The molecule has 12 heteroatoms. The van der Waals surface area contributed by atoms with Crippen LogP contribution in [0.2, 0.25) is 5.02 Å². The molecule has 2 aliphatic rings. The molecule has 4 aromatic rings. The number of carbonyl (C=O) groups excluding carboxylic acids is 1. The molecule has 210 valence electrons. The zero-order valence-corrected chi connectivity index (χ0v) is 23.7. The van der Waals surface area contributed by atoms with Crippen molar-refractivity contribution in [1.29, 1.82) is 0 Å². The first-order valence-electron chi connectivity index (χ1n) is 13.6. The summed E-state index contributed by atoms with van der Waals surface area (Å²) >= 11 is 6.58.